The summed E-state index contributed by atoms with van der Waals surface area (Å²) in [5, 5.41) is 14.2. The van der Waals surface area contributed by atoms with Gasteiger partial charge in [-0.3, -0.25) is 5.32 Å². The normalized spacial score (nSPS) is 10.0. The van der Waals surface area contributed by atoms with Crippen molar-refractivity contribution in [1.82, 2.24) is 15.0 Å². The third-order valence-corrected chi connectivity index (χ3v) is 4.62. The molecule has 0 fully saturated rings. The number of hydrogen-bond acceptors (Lipinski definition) is 6. The summed E-state index contributed by atoms with van der Waals surface area (Å²) in [6.45, 7) is 1.97. The maximum atomic E-state index is 12.3. The third-order valence-electron chi connectivity index (χ3n) is 4.62. The van der Waals surface area contributed by atoms with Crippen LogP contribution in [0.4, 0.5) is 16.3 Å². The number of hydrogen-bond donors (Lipinski definition) is 2. The second-order valence-electron chi connectivity index (χ2n) is 6.75. The van der Waals surface area contributed by atoms with Gasteiger partial charge < -0.3 is 10.1 Å². The summed E-state index contributed by atoms with van der Waals surface area (Å²) >= 11 is 0. The molecule has 2 amide bonds. The van der Waals surface area contributed by atoms with E-state index in [1.165, 1.54) is 6.20 Å². The predicted molar refractivity (Wildman–Crippen MR) is 125 cm³/mol. The quantitative estimate of drug-likeness (QED) is 0.466. The van der Waals surface area contributed by atoms with Crippen LogP contribution in [0, 0.1) is 18.3 Å². The first-order valence-corrected chi connectivity index (χ1v) is 9.43. The molecule has 0 saturated heterocycles. The number of rotatable bonds is 4. The fourth-order valence-electron chi connectivity index (χ4n) is 3.00. The van der Waals surface area contributed by atoms with Gasteiger partial charge in [-0.2, -0.15) is 5.26 Å². The predicted octanol–water partition coefficient (Wildman–Crippen LogP) is 5.16. The molecule has 0 radical (unpaired) electrons. The van der Waals surface area contributed by atoms with Gasteiger partial charge in [0.2, 0.25) is 0 Å². The van der Waals surface area contributed by atoms with Crippen LogP contribution in [0.1, 0.15) is 18.6 Å². The van der Waals surface area contributed by atoms with Crippen molar-refractivity contribution < 1.29 is 9.53 Å². The monoisotopic (exact) mass is 426 g/mol. The van der Waals surface area contributed by atoms with E-state index >= 15 is 0 Å². The van der Waals surface area contributed by atoms with E-state index < -0.39 is 6.03 Å². The summed E-state index contributed by atoms with van der Waals surface area (Å²) in [7, 11) is 1.63. The van der Waals surface area contributed by atoms with Crippen LogP contribution in [-0.4, -0.2) is 28.1 Å². The molecular weight excluding hydrogens is 404 g/mol. The van der Waals surface area contributed by atoms with Crippen molar-refractivity contribution in [3.05, 3.63) is 71.9 Å². The van der Waals surface area contributed by atoms with E-state index in [9.17, 15) is 4.79 Å². The number of aromatic nitrogens is 3. The van der Waals surface area contributed by atoms with E-state index in [2.05, 4.69) is 25.6 Å². The number of nitrogens with zero attached hydrogens (tertiary/aromatic N) is 4. The molecule has 0 aliphatic carbocycles. The van der Waals surface area contributed by atoms with Crippen LogP contribution in [0.2, 0.25) is 0 Å². The lowest BCUT2D eigenvalue weighted by Gasteiger charge is -2.09. The Labute approximate surface area is 185 Å². The summed E-state index contributed by atoms with van der Waals surface area (Å²) in [6.07, 6.45) is 1.47. The van der Waals surface area contributed by atoms with Gasteiger partial charge in [0.15, 0.2) is 11.5 Å². The number of nitriles is 1. The molecule has 2 aromatic heterocycles. The number of fused-ring (bicyclic) bond motifs is 1. The number of pyridine rings is 1. The molecule has 160 valence electrons. The zero-order valence-electron chi connectivity index (χ0n) is 16.9. The fourth-order valence-corrected chi connectivity index (χ4v) is 3.00. The van der Waals surface area contributed by atoms with Crippen LogP contribution >= 0.6 is 0 Å². The van der Waals surface area contributed by atoms with Crippen LogP contribution in [0.5, 0.6) is 5.75 Å². The standard InChI is InChI=1S/C23H18N6O2.CH4/c1-14-3-6-16(11-20(14)31-2)18-9-10-19-22(27-18)28-21(13-25-19)29-23(30)26-17-7-4-15(12-24)5-8-17;/h3-11,13H,1-2H3,(H2,26,27,28,29,30);1H4. The Morgan fingerprint density at radius 3 is 2.53 bits per heavy atom. The molecule has 8 heteroatoms. The fraction of sp³-hybridized carbons (Fsp3) is 0.125. The number of carbonyl (C=O) groups excluding carboxylic acids is 1. The van der Waals surface area contributed by atoms with Gasteiger partial charge in [0.1, 0.15) is 11.3 Å². The molecule has 2 heterocycles. The van der Waals surface area contributed by atoms with Gasteiger partial charge in [-0.15, -0.1) is 0 Å². The third kappa shape index (κ3) is 4.79. The van der Waals surface area contributed by atoms with Crippen molar-refractivity contribution in [2.45, 2.75) is 14.4 Å². The molecule has 0 atom stereocenters. The molecule has 2 N–H and O–H groups in total. The Bertz CT molecular complexity index is 1310. The molecule has 0 aliphatic rings. The average molecular weight is 426 g/mol. The van der Waals surface area contributed by atoms with Crippen LogP contribution in [0.3, 0.4) is 0 Å². The number of aryl methyl sites for hydroxylation is 1. The molecule has 4 aromatic rings. The topological polar surface area (TPSA) is 113 Å². The minimum absolute atomic E-state index is 0. The number of anilines is 2. The molecule has 0 bridgehead atoms. The van der Waals surface area contributed by atoms with E-state index in [0.29, 0.717) is 22.4 Å². The molecule has 8 nitrogen and oxygen atoms in total. The van der Waals surface area contributed by atoms with E-state index in [4.69, 9.17) is 10.00 Å². The van der Waals surface area contributed by atoms with Crippen molar-refractivity contribution >= 4 is 28.7 Å². The first-order valence-electron chi connectivity index (χ1n) is 9.43. The van der Waals surface area contributed by atoms with Crippen LogP contribution in [-0.2, 0) is 0 Å². The second kappa shape index (κ2) is 9.53. The number of urea groups is 1. The van der Waals surface area contributed by atoms with E-state index in [-0.39, 0.29) is 13.2 Å². The average Bonchev–Trinajstić information content (AvgIpc) is 2.79. The summed E-state index contributed by atoms with van der Waals surface area (Å²) in [5.74, 6) is 1.05. The number of methoxy groups -OCH3 is 1. The van der Waals surface area contributed by atoms with Gasteiger partial charge in [0.05, 0.1) is 30.6 Å². The van der Waals surface area contributed by atoms with Gasteiger partial charge in [0.25, 0.3) is 0 Å². The lowest BCUT2D eigenvalue weighted by Crippen LogP contribution is -2.20. The largest absolute Gasteiger partial charge is 0.496 e. The van der Waals surface area contributed by atoms with Crippen LogP contribution in [0.15, 0.2) is 60.8 Å². The maximum Gasteiger partial charge on any atom is 0.324 e. The summed E-state index contributed by atoms with van der Waals surface area (Å²) in [4.78, 5) is 25.6. The van der Waals surface area contributed by atoms with Crippen molar-refractivity contribution in [2.24, 2.45) is 0 Å². The van der Waals surface area contributed by atoms with Gasteiger partial charge in [-0.05, 0) is 55.0 Å². The second-order valence-corrected chi connectivity index (χ2v) is 6.75. The van der Waals surface area contributed by atoms with Crippen LogP contribution < -0.4 is 15.4 Å². The molecule has 0 spiro atoms. The van der Waals surface area contributed by atoms with E-state index in [0.717, 1.165) is 22.6 Å². The Morgan fingerprint density at radius 2 is 1.81 bits per heavy atom. The molecule has 0 aliphatic heterocycles. The number of benzene rings is 2. The van der Waals surface area contributed by atoms with Crippen molar-refractivity contribution in [3.8, 4) is 23.1 Å². The smallest absolute Gasteiger partial charge is 0.324 e. The van der Waals surface area contributed by atoms with Gasteiger partial charge >= 0.3 is 6.03 Å². The van der Waals surface area contributed by atoms with E-state index in [1.807, 2.05) is 43.3 Å². The first-order chi connectivity index (χ1) is 15.1. The number of nitrogens with one attached hydrogen (secondary N) is 2. The Kier molecular flexibility index (Phi) is 6.61. The van der Waals surface area contributed by atoms with Gasteiger partial charge in [-0.25, -0.2) is 19.7 Å². The highest BCUT2D eigenvalue weighted by Gasteiger charge is 2.09. The SMILES string of the molecule is C.COc1cc(-c2ccc3ncc(NC(=O)Nc4ccc(C#N)cc4)nc3n2)ccc1C. The molecule has 0 saturated carbocycles. The van der Waals surface area contributed by atoms with Crippen molar-refractivity contribution in [3.63, 3.8) is 0 Å². The highest BCUT2D eigenvalue weighted by molar-refractivity contribution is 5.99. The molecule has 32 heavy (non-hydrogen) atoms. The minimum atomic E-state index is -0.474. The number of ether oxygens (including phenoxy) is 1. The number of amides is 2. The molecule has 0 unspecified atom stereocenters. The summed E-state index contributed by atoms with van der Waals surface area (Å²) in [5.41, 5.74) is 4.74. The lowest BCUT2D eigenvalue weighted by molar-refractivity contribution is 0.262. The molecule has 4 rings (SSSR count). The highest BCUT2D eigenvalue weighted by atomic mass is 16.5. The highest BCUT2D eigenvalue weighted by Crippen LogP contribution is 2.26. The van der Waals surface area contributed by atoms with Gasteiger partial charge in [0, 0.05) is 11.3 Å². The minimum Gasteiger partial charge on any atom is -0.496 e. The summed E-state index contributed by atoms with van der Waals surface area (Å²) < 4.78 is 5.39. The Morgan fingerprint density at radius 1 is 1.03 bits per heavy atom. The van der Waals surface area contributed by atoms with E-state index in [1.54, 1.807) is 31.4 Å². The maximum absolute atomic E-state index is 12.3. The van der Waals surface area contributed by atoms with Gasteiger partial charge in [-0.1, -0.05) is 19.6 Å². The number of carbonyl (C=O) groups is 1. The Hall–Kier alpha value is -4.51. The van der Waals surface area contributed by atoms with Crippen molar-refractivity contribution in [2.75, 3.05) is 17.7 Å². The van der Waals surface area contributed by atoms with Crippen LogP contribution in [0.25, 0.3) is 22.4 Å². The molecule has 2 aromatic carbocycles. The van der Waals surface area contributed by atoms with Crippen molar-refractivity contribution in [1.29, 1.82) is 5.26 Å². The molecular formula is C24H22N6O2. The zero-order valence-corrected chi connectivity index (χ0v) is 16.9. The zero-order chi connectivity index (χ0) is 21.8. The Balaban J connectivity index is 0.00000289. The lowest BCUT2D eigenvalue weighted by atomic mass is 10.1. The first kappa shape index (κ1) is 22.2. The summed E-state index contributed by atoms with van der Waals surface area (Å²) in [6, 6.07) is 17.6.